The first kappa shape index (κ1) is 5.51. The van der Waals surface area contributed by atoms with Gasteiger partial charge in [0.25, 0.3) is 0 Å². The SMILES string of the molecule is [CH2]C=C(Cl)Br. The molecule has 0 rings (SSSR count). The highest BCUT2D eigenvalue weighted by molar-refractivity contribution is 9.12. The van der Waals surface area contributed by atoms with Gasteiger partial charge in [-0.2, -0.15) is 0 Å². The summed E-state index contributed by atoms with van der Waals surface area (Å²) in [6, 6.07) is 0. The van der Waals surface area contributed by atoms with E-state index in [0.717, 1.165) is 0 Å². The summed E-state index contributed by atoms with van der Waals surface area (Å²) in [5.41, 5.74) is 0. The van der Waals surface area contributed by atoms with Crippen molar-refractivity contribution in [3.63, 3.8) is 0 Å². The van der Waals surface area contributed by atoms with Crippen LogP contribution in [-0.2, 0) is 0 Å². The van der Waals surface area contributed by atoms with Crippen molar-refractivity contribution in [2.45, 2.75) is 0 Å². The third kappa shape index (κ3) is 4.51. The molecule has 29 valence electrons. The van der Waals surface area contributed by atoms with Crippen LogP contribution in [0, 0.1) is 6.92 Å². The molecule has 5 heavy (non-hydrogen) atoms. The summed E-state index contributed by atoms with van der Waals surface area (Å²) in [5.74, 6) is 0. The van der Waals surface area contributed by atoms with E-state index >= 15 is 0 Å². The van der Waals surface area contributed by atoms with E-state index in [-0.39, 0.29) is 0 Å². The molecule has 0 aliphatic carbocycles. The minimum atomic E-state index is 0.553. The summed E-state index contributed by atoms with van der Waals surface area (Å²) < 4.78 is 0.553. The molecule has 0 saturated heterocycles. The highest BCUT2D eigenvalue weighted by atomic mass is 79.9. The van der Waals surface area contributed by atoms with Crippen LogP contribution in [0.3, 0.4) is 0 Å². The van der Waals surface area contributed by atoms with E-state index in [1.54, 1.807) is 0 Å². The lowest BCUT2D eigenvalue weighted by Gasteiger charge is -1.66. The second-order valence-electron chi connectivity index (χ2n) is 0.494. The van der Waals surface area contributed by atoms with Crippen LogP contribution >= 0.6 is 27.5 Å². The van der Waals surface area contributed by atoms with E-state index in [2.05, 4.69) is 22.9 Å². The maximum absolute atomic E-state index is 5.18. The fourth-order valence-corrected chi connectivity index (χ4v) is 0. The fourth-order valence-electron chi connectivity index (χ4n) is 0. The second-order valence-corrected chi connectivity index (χ2v) is 2.21. The summed E-state index contributed by atoms with van der Waals surface area (Å²) in [5, 5.41) is 0. The first-order chi connectivity index (χ1) is 2.27. The van der Waals surface area contributed by atoms with Crippen molar-refractivity contribution in [1.82, 2.24) is 0 Å². The number of hydrogen-bond acceptors (Lipinski definition) is 0. The van der Waals surface area contributed by atoms with Gasteiger partial charge in [-0.15, -0.1) is 0 Å². The lowest BCUT2D eigenvalue weighted by Crippen LogP contribution is -1.37. The number of hydrogen-bond donors (Lipinski definition) is 0. The molecule has 1 radical (unpaired) electrons. The van der Waals surface area contributed by atoms with Crippen molar-refractivity contribution in [3.8, 4) is 0 Å². The smallest absolute Gasteiger partial charge is 0.0765 e. The predicted molar refractivity (Wildman–Crippen MR) is 28.2 cm³/mol. The van der Waals surface area contributed by atoms with Crippen molar-refractivity contribution in [1.29, 1.82) is 0 Å². The van der Waals surface area contributed by atoms with Crippen molar-refractivity contribution >= 4 is 27.5 Å². The Morgan fingerprint density at radius 1 is 2.00 bits per heavy atom. The Morgan fingerprint density at radius 3 is 2.20 bits per heavy atom. The molecule has 0 nitrogen and oxygen atoms in total. The van der Waals surface area contributed by atoms with Gasteiger partial charge in [-0.1, -0.05) is 17.7 Å². The molecular formula is C3H3BrCl. The van der Waals surface area contributed by atoms with Crippen molar-refractivity contribution in [3.05, 3.63) is 16.9 Å². The van der Waals surface area contributed by atoms with Crippen LogP contribution in [0.1, 0.15) is 0 Å². The van der Waals surface area contributed by atoms with E-state index in [9.17, 15) is 0 Å². The minimum Gasteiger partial charge on any atom is -0.0765 e. The summed E-state index contributed by atoms with van der Waals surface area (Å²) >= 11 is 8.11. The first-order valence-corrected chi connectivity index (χ1v) is 2.25. The first-order valence-electron chi connectivity index (χ1n) is 1.07. The molecule has 0 fully saturated rings. The molecule has 0 bridgehead atoms. The van der Waals surface area contributed by atoms with Crippen LogP contribution in [0.25, 0.3) is 0 Å². The lowest BCUT2D eigenvalue weighted by molar-refractivity contribution is 2.12. The standard InChI is InChI=1S/C3H3BrCl/c1-2-3(4)5/h2H,1H2. The minimum absolute atomic E-state index is 0.553. The Bertz CT molecular complexity index is 44.9. The second kappa shape index (κ2) is 2.73. The van der Waals surface area contributed by atoms with E-state index in [1.165, 1.54) is 6.08 Å². The van der Waals surface area contributed by atoms with E-state index in [1.807, 2.05) is 0 Å². The van der Waals surface area contributed by atoms with Gasteiger partial charge >= 0.3 is 0 Å². The summed E-state index contributed by atoms with van der Waals surface area (Å²) in [6.07, 6.45) is 1.52. The number of allylic oxidation sites excluding steroid dienone is 1. The molecule has 2 heteroatoms. The zero-order valence-electron chi connectivity index (χ0n) is 2.54. The van der Waals surface area contributed by atoms with Gasteiger partial charge in [0.1, 0.15) is 0 Å². The monoisotopic (exact) mass is 153 g/mol. The Labute approximate surface area is 45.0 Å². The molecule has 0 N–H and O–H groups in total. The van der Waals surface area contributed by atoms with Gasteiger partial charge in [-0.05, 0) is 22.9 Å². The Hall–Kier alpha value is 0.510. The molecule has 0 amide bonds. The molecule has 0 aromatic rings. The Balaban J connectivity index is 3.14. The predicted octanol–water partition coefficient (Wildman–Crippen LogP) is 2.30. The van der Waals surface area contributed by atoms with Gasteiger partial charge in [0.15, 0.2) is 0 Å². The quantitative estimate of drug-likeness (QED) is 0.502. The molecule has 0 saturated carbocycles. The van der Waals surface area contributed by atoms with E-state index in [0.29, 0.717) is 3.94 Å². The van der Waals surface area contributed by atoms with Crippen molar-refractivity contribution in [2.75, 3.05) is 0 Å². The van der Waals surface area contributed by atoms with Crippen LogP contribution in [0.4, 0.5) is 0 Å². The zero-order chi connectivity index (χ0) is 4.28. The molecule has 0 atom stereocenters. The van der Waals surface area contributed by atoms with Gasteiger partial charge in [-0.25, -0.2) is 0 Å². The highest BCUT2D eigenvalue weighted by Gasteiger charge is 1.67. The number of rotatable bonds is 0. The van der Waals surface area contributed by atoms with Crippen LogP contribution in [-0.4, -0.2) is 0 Å². The zero-order valence-corrected chi connectivity index (χ0v) is 4.88. The summed E-state index contributed by atoms with van der Waals surface area (Å²) in [6.45, 7) is 3.34. The van der Waals surface area contributed by atoms with Crippen LogP contribution in [0.15, 0.2) is 10.0 Å². The van der Waals surface area contributed by atoms with Gasteiger partial charge in [0.05, 0.1) is 3.94 Å². The van der Waals surface area contributed by atoms with Crippen LogP contribution < -0.4 is 0 Å². The molecule has 0 unspecified atom stereocenters. The molecule has 0 aromatic carbocycles. The largest absolute Gasteiger partial charge is 0.0794 e. The third-order valence-corrected chi connectivity index (χ3v) is 0.632. The van der Waals surface area contributed by atoms with Gasteiger partial charge in [0.2, 0.25) is 0 Å². The van der Waals surface area contributed by atoms with Gasteiger partial charge in [-0.3, -0.25) is 0 Å². The average Bonchev–Trinajstić information content (AvgIpc) is 1.38. The maximum atomic E-state index is 5.18. The van der Waals surface area contributed by atoms with Crippen molar-refractivity contribution < 1.29 is 0 Å². The average molecular weight is 154 g/mol. The lowest BCUT2D eigenvalue weighted by atomic mass is 10.8. The molecule has 0 heterocycles. The fraction of sp³-hybridized carbons (Fsp3) is 0. The van der Waals surface area contributed by atoms with E-state index < -0.39 is 0 Å². The molecule has 0 aliphatic rings. The van der Waals surface area contributed by atoms with Crippen molar-refractivity contribution in [2.24, 2.45) is 0 Å². The maximum Gasteiger partial charge on any atom is 0.0794 e. The molecular weight excluding hydrogens is 151 g/mol. The van der Waals surface area contributed by atoms with Crippen LogP contribution in [0.5, 0.6) is 0 Å². The van der Waals surface area contributed by atoms with Gasteiger partial charge < -0.3 is 0 Å². The Morgan fingerprint density at radius 2 is 2.20 bits per heavy atom. The summed E-state index contributed by atoms with van der Waals surface area (Å²) in [7, 11) is 0. The van der Waals surface area contributed by atoms with Gasteiger partial charge in [0, 0.05) is 0 Å². The summed E-state index contributed by atoms with van der Waals surface area (Å²) in [4.78, 5) is 0. The molecule has 0 aliphatic heterocycles. The molecule has 0 aromatic heterocycles. The number of halogens is 2. The topological polar surface area (TPSA) is 0 Å². The molecule has 0 spiro atoms. The third-order valence-electron chi connectivity index (χ3n) is 0.154. The Kier molecular flexibility index (Phi) is 3.01. The van der Waals surface area contributed by atoms with E-state index in [4.69, 9.17) is 11.6 Å². The van der Waals surface area contributed by atoms with Crippen LogP contribution in [0.2, 0.25) is 0 Å². The highest BCUT2D eigenvalue weighted by Crippen LogP contribution is 2.06. The normalized spacial score (nSPS) is 12.2.